The van der Waals surface area contributed by atoms with Crippen molar-refractivity contribution in [3.63, 3.8) is 0 Å². The van der Waals surface area contributed by atoms with Crippen molar-refractivity contribution >= 4 is 45.4 Å². The average molecular weight is 421 g/mol. The molecular formula is C21H22Cl2N2OS. The van der Waals surface area contributed by atoms with Gasteiger partial charge in [0.2, 0.25) is 0 Å². The van der Waals surface area contributed by atoms with E-state index < -0.39 is 0 Å². The molecule has 0 aliphatic heterocycles. The lowest BCUT2D eigenvalue weighted by molar-refractivity contribution is 0.102. The first kappa shape index (κ1) is 20.2. The Labute approximate surface area is 174 Å². The predicted molar refractivity (Wildman–Crippen MR) is 113 cm³/mol. The molecule has 3 rings (SSSR count). The van der Waals surface area contributed by atoms with Crippen LogP contribution in [0.5, 0.6) is 0 Å². The molecule has 27 heavy (non-hydrogen) atoms. The molecule has 1 atom stereocenters. The van der Waals surface area contributed by atoms with Crippen molar-refractivity contribution in [3.8, 4) is 6.07 Å². The molecule has 1 aromatic heterocycles. The van der Waals surface area contributed by atoms with Crippen molar-refractivity contribution in [3.05, 3.63) is 49.8 Å². The number of fused-ring (bicyclic) bond motifs is 1. The first-order valence-electron chi connectivity index (χ1n) is 9.07. The molecule has 0 spiro atoms. The quantitative estimate of drug-likeness (QED) is 0.596. The van der Waals surface area contributed by atoms with Crippen LogP contribution in [0.25, 0.3) is 0 Å². The van der Waals surface area contributed by atoms with Gasteiger partial charge in [0.1, 0.15) is 11.1 Å². The number of hydrogen-bond acceptors (Lipinski definition) is 3. The molecule has 0 radical (unpaired) electrons. The number of anilines is 1. The van der Waals surface area contributed by atoms with Crippen molar-refractivity contribution in [1.29, 1.82) is 5.26 Å². The summed E-state index contributed by atoms with van der Waals surface area (Å²) in [6.45, 7) is 6.85. The molecule has 1 amide bonds. The number of halogens is 2. The molecule has 3 nitrogen and oxygen atoms in total. The Kier molecular flexibility index (Phi) is 5.86. The lowest BCUT2D eigenvalue weighted by Crippen LogP contribution is -2.28. The van der Waals surface area contributed by atoms with Gasteiger partial charge in [0, 0.05) is 9.90 Å². The number of nitrogens with one attached hydrogen (secondary N) is 1. The van der Waals surface area contributed by atoms with Gasteiger partial charge in [-0.3, -0.25) is 4.79 Å². The van der Waals surface area contributed by atoms with E-state index in [4.69, 9.17) is 23.2 Å². The van der Waals surface area contributed by atoms with Crippen LogP contribution in [-0.4, -0.2) is 5.91 Å². The molecule has 6 heteroatoms. The number of nitriles is 1. The SMILES string of the molecule is CCC(C)(C)[C@@H]1CCc2c(sc(NC(=O)c3cc(Cl)ccc3Cl)c2C#N)C1. The largest absolute Gasteiger partial charge is 0.312 e. The molecule has 1 heterocycles. The van der Waals surface area contributed by atoms with Crippen LogP contribution in [0.1, 0.15) is 60.0 Å². The van der Waals surface area contributed by atoms with Crippen LogP contribution in [0.3, 0.4) is 0 Å². The number of hydrogen-bond donors (Lipinski definition) is 1. The van der Waals surface area contributed by atoms with Crippen molar-refractivity contribution in [2.24, 2.45) is 11.3 Å². The van der Waals surface area contributed by atoms with Gasteiger partial charge < -0.3 is 5.32 Å². The molecule has 1 aliphatic carbocycles. The maximum Gasteiger partial charge on any atom is 0.257 e. The number of carbonyl (C=O) groups is 1. The van der Waals surface area contributed by atoms with Crippen molar-refractivity contribution < 1.29 is 4.79 Å². The van der Waals surface area contributed by atoms with Crippen LogP contribution < -0.4 is 5.32 Å². The number of thiophene rings is 1. The Morgan fingerprint density at radius 2 is 2.15 bits per heavy atom. The summed E-state index contributed by atoms with van der Waals surface area (Å²) in [6.07, 6.45) is 4.05. The summed E-state index contributed by atoms with van der Waals surface area (Å²) in [4.78, 5) is 13.9. The summed E-state index contributed by atoms with van der Waals surface area (Å²) in [7, 11) is 0. The van der Waals surface area contributed by atoms with Crippen molar-refractivity contribution in [1.82, 2.24) is 0 Å². The third kappa shape index (κ3) is 4.01. The Morgan fingerprint density at radius 3 is 2.81 bits per heavy atom. The Morgan fingerprint density at radius 1 is 1.41 bits per heavy atom. The average Bonchev–Trinajstić information content (AvgIpc) is 2.99. The number of rotatable bonds is 4. The van der Waals surface area contributed by atoms with Gasteiger partial charge in [0.25, 0.3) is 5.91 Å². The second-order valence-corrected chi connectivity index (χ2v) is 9.63. The van der Waals surface area contributed by atoms with Crippen molar-refractivity contribution in [2.45, 2.75) is 46.5 Å². The minimum Gasteiger partial charge on any atom is -0.312 e. The zero-order valence-electron chi connectivity index (χ0n) is 15.7. The van der Waals surface area contributed by atoms with E-state index >= 15 is 0 Å². The third-order valence-corrected chi connectivity index (χ3v) is 7.53. The third-order valence-electron chi connectivity index (χ3n) is 5.79. The highest BCUT2D eigenvalue weighted by atomic mass is 35.5. The number of amides is 1. The standard InChI is InChI=1S/C21H22Cl2N2OS/c1-4-21(2,3)12-5-7-14-16(11-24)20(27-18(14)9-12)25-19(26)15-10-13(22)6-8-17(15)23/h6,8,10,12H,4-5,7,9H2,1-3H3,(H,25,26)/t12-/m1/s1. The van der Waals surface area contributed by atoms with Crippen molar-refractivity contribution in [2.75, 3.05) is 5.32 Å². The van der Waals surface area contributed by atoms with E-state index in [0.29, 0.717) is 32.1 Å². The van der Waals surface area contributed by atoms with Crippen LogP contribution in [-0.2, 0) is 12.8 Å². The van der Waals surface area contributed by atoms with E-state index in [1.807, 2.05) is 0 Å². The molecule has 1 aliphatic rings. The molecule has 2 aromatic rings. The number of benzene rings is 1. The van der Waals surface area contributed by atoms with Gasteiger partial charge in [0.05, 0.1) is 16.1 Å². The van der Waals surface area contributed by atoms with Crippen LogP contribution in [0.4, 0.5) is 5.00 Å². The van der Waals surface area contributed by atoms with Crippen LogP contribution >= 0.6 is 34.5 Å². The van der Waals surface area contributed by atoms with Crippen LogP contribution in [0.2, 0.25) is 10.0 Å². The Hall–Kier alpha value is -1.54. The summed E-state index contributed by atoms with van der Waals surface area (Å²) in [5.41, 5.74) is 2.27. The molecular weight excluding hydrogens is 399 g/mol. The predicted octanol–water partition coefficient (Wildman–Crippen LogP) is 6.72. The van der Waals surface area contributed by atoms with Crippen LogP contribution in [0, 0.1) is 22.7 Å². The van der Waals surface area contributed by atoms with E-state index in [-0.39, 0.29) is 11.3 Å². The molecule has 142 valence electrons. The lowest BCUT2D eigenvalue weighted by Gasteiger charge is -2.36. The zero-order chi connectivity index (χ0) is 19.8. The van der Waals surface area contributed by atoms with E-state index in [1.165, 1.54) is 16.2 Å². The van der Waals surface area contributed by atoms with Gasteiger partial charge in [-0.15, -0.1) is 11.3 Å². The monoisotopic (exact) mass is 420 g/mol. The van der Waals surface area contributed by atoms with Gasteiger partial charge in [-0.05, 0) is 54.4 Å². The molecule has 0 bridgehead atoms. The highest BCUT2D eigenvalue weighted by Crippen LogP contribution is 2.45. The van der Waals surface area contributed by atoms with Gasteiger partial charge in [-0.2, -0.15) is 5.26 Å². The number of nitrogens with zero attached hydrogens (tertiary/aromatic N) is 1. The minimum atomic E-state index is -0.344. The zero-order valence-corrected chi connectivity index (χ0v) is 18.0. The first-order valence-corrected chi connectivity index (χ1v) is 10.6. The van der Waals surface area contributed by atoms with E-state index in [1.54, 1.807) is 18.2 Å². The fourth-order valence-electron chi connectivity index (χ4n) is 3.59. The van der Waals surface area contributed by atoms with Gasteiger partial charge in [-0.1, -0.05) is 50.4 Å². The summed E-state index contributed by atoms with van der Waals surface area (Å²) >= 11 is 13.6. The summed E-state index contributed by atoms with van der Waals surface area (Å²) in [6, 6.07) is 7.07. The molecule has 1 aromatic carbocycles. The minimum absolute atomic E-state index is 0.270. The van der Waals surface area contributed by atoms with Gasteiger partial charge in [0.15, 0.2) is 0 Å². The highest BCUT2D eigenvalue weighted by molar-refractivity contribution is 7.16. The second kappa shape index (κ2) is 7.83. The van der Waals surface area contributed by atoms with E-state index in [0.717, 1.165) is 31.2 Å². The Bertz CT molecular complexity index is 927. The molecule has 0 unspecified atom stereocenters. The summed E-state index contributed by atoms with van der Waals surface area (Å²) in [5, 5.41) is 13.9. The second-order valence-electron chi connectivity index (χ2n) is 7.68. The molecule has 0 saturated carbocycles. The maximum atomic E-state index is 12.7. The van der Waals surface area contributed by atoms with Gasteiger partial charge in [-0.25, -0.2) is 0 Å². The lowest BCUT2D eigenvalue weighted by atomic mass is 9.69. The number of carbonyl (C=O) groups excluding carboxylic acids is 1. The molecule has 0 saturated heterocycles. The van der Waals surface area contributed by atoms with E-state index in [9.17, 15) is 10.1 Å². The first-order chi connectivity index (χ1) is 12.8. The topological polar surface area (TPSA) is 52.9 Å². The normalized spacial score (nSPS) is 16.5. The fraction of sp³-hybridized carbons (Fsp3) is 0.429. The Balaban J connectivity index is 1.89. The molecule has 0 fully saturated rings. The van der Waals surface area contributed by atoms with Crippen LogP contribution in [0.15, 0.2) is 18.2 Å². The maximum absolute atomic E-state index is 12.7. The fourth-order valence-corrected chi connectivity index (χ4v) is 5.24. The molecule has 1 N–H and O–H groups in total. The van der Waals surface area contributed by atoms with E-state index in [2.05, 4.69) is 32.2 Å². The summed E-state index contributed by atoms with van der Waals surface area (Å²) < 4.78 is 0. The van der Waals surface area contributed by atoms with Gasteiger partial charge >= 0.3 is 0 Å². The summed E-state index contributed by atoms with van der Waals surface area (Å²) in [5.74, 6) is 0.245. The smallest absolute Gasteiger partial charge is 0.257 e. The highest BCUT2D eigenvalue weighted by Gasteiger charge is 2.34.